The van der Waals surface area contributed by atoms with Crippen molar-refractivity contribution in [3.05, 3.63) is 96.3 Å². The molecule has 0 radical (unpaired) electrons. The number of rotatable bonds is 7. The maximum Gasteiger partial charge on any atom is 0.134 e. The van der Waals surface area contributed by atoms with E-state index in [0.29, 0.717) is 23.2 Å². The first-order valence-corrected chi connectivity index (χ1v) is 10.7. The van der Waals surface area contributed by atoms with E-state index in [1.807, 2.05) is 48.5 Å². The summed E-state index contributed by atoms with van der Waals surface area (Å²) in [5.74, 6) is 0.774. The number of ether oxygens (including phenoxy) is 1. The highest BCUT2D eigenvalue weighted by atomic mass is 79.9. The zero-order valence-electron chi connectivity index (χ0n) is 14.6. The Labute approximate surface area is 191 Å². The van der Waals surface area contributed by atoms with Crippen LogP contribution in [0.15, 0.2) is 74.7 Å². The zero-order chi connectivity index (χ0) is 19.9. The summed E-state index contributed by atoms with van der Waals surface area (Å²) in [5, 5.41) is 5.47. The second-order valence-corrected chi connectivity index (χ2v) is 8.48. The second kappa shape index (κ2) is 10.3. The molecule has 0 saturated carbocycles. The fourth-order valence-corrected chi connectivity index (χ4v) is 3.71. The lowest BCUT2D eigenvalue weighted by Gasteiger charge is -2.09. The molecule has 0 spiro atoms. The highest BCUT2D eigenvalue weighted by Gasteiger charge is 2.05. The van der Waals surface area contributed by atoms with Crippen LogP contribution >= 0.6 is 55.1 Å². The number of hydrogen-bond donors (Lipinski definition) is 1. The Morgan fingerprint density at radius 1 is 0.964 bits per heavy atom. The SMILES string of the molecule is Clc1cccc(Cl)c1CN/N=C\c1ccc(OCc2ccc(Br)cc2)c(Br)c1. The minimum atomic E-state index is 0.449. The van der Waals surface area contributed by atoms with E-state index in [0.717, 1.165) is 31.4 Å². The van der Waals surface area contributed by atoms with Crippen LogP contribution in [0.2, 0.25) is 10.0 Å². The minimum Gasteiger partial charge on any atom is -0.488 e. The van der Waals surface area contributed by atoms with Crippen molar-refractivity contribution < 1.29 is 4.74 Å². The summed E-state index contributed by atoms with van der Waals surface area (Å²) in [6, 6.07) is 19.3. The van der Waals surface area contributed by atoms with Crippen molar-refractivity contribution >= 4 is 61.3 Å². The summed E-state index contributed by atoms with van der Waals surface area (Å²) in [4.78, 5) is 0. The maximum atomic E-state index is 6.15. The van der Waals surface area contributed by atoms with Crippen molar-refractivity contribution in [1.82, 2.24) is 5.43 Å². The number of hydrazone groups is 1. The summed E-state index contributed by atoms with van der Waals surface area (Å²) in [7, 11) is 0. The van der Waals surface area contributed by atoms with Crippen LogP contribution in [0.5, 0.6) is 5.75 Å². The quantitative estimate of drug-likeness (QED) is 0.252. The molecule has 0 bridgehead atoms. The molecular weight excluding hydrogens is 527 g/mol. The number of halogens is 4. The summed E-state index contributed by atoms with van der Waals surface area (Å²) in [5.41, 5.74) is 5.82. The van der Waals surface area contributed by atoms with Crippen LogP contribution in [-0.4, -0.2) is 6.21 Å². The average Bonchev–Trinajstić information content (AvgIpc) is 2.67. The van der Waals surface area contributed by atoms with E-state index in [2.05, 4.69) is 42.4 Å². The van der Waals surface area contributed by atoms with Crippen molar-refractivity contribution in [1.29, 1.82) is 0 Å². The van der Waals surface area contributed by atoms with Crippen LogP contribution in [-0.2, 0) is 13.2 Å². The van der Waals surface area contributed by atoms with E-state index >= 15 is 0 Å². The van der Waals surface area contributed by atoms with Gasteiger partial charge < -0.3 is 10.2 Å². The Balaban J connectivity index is 1.56. The lowest BCUT2D eigenvalue weighted by Crippen LogP contribution is -2.06. The summed E-state index contributed by atoms with van der Waals surface area (Å²) in [6.07, 6.45) is 1.73. The molecule has 0 atom stereocenters. The molecule has 3 nitrogen and oxygen atoms in total. The third-order valence-electron chi connectivity index (χ3n) is 3.89. The predicted octanol–water partition coefficient (Wildman–Crippen LogP) is 7.22. The molecule has 0 aromatic heterocycles. The standard InChI is InChI=1S/C21H16Br2Cl2N2O/c22-16-7-4-14(5-8-16)13-28-21-9-6-15(10-18(21)23)11-26-27-12-17-19(24)2-1-3-20(17)25/h1-11,27H,12-13H2/b26-11-. The van der Waals surface area contributed by atoms with Crippen LogP contribution in [0.25, 0.3) is 0 Å². The Morgan fingerprint density at radius 3 is 2.36 bits per heavy atom. The maximum absolute atomic E-state index is 6.15. The van der Waals surface area contributed by atoms with E-state index in [1.165, 1.54) is 0 Å². The second-order valence-electron chi connectivity index (χ2n) is 5.90. The average molecular weight is 543 g/mol. The van der Waals surface area contributed by atoms with Crippen LogP contribution in [0, 0.1) is 0 Å². The highest BCUT2D eigenvalue weighted by Crippen LogP contribution is 2.27. The van der Waals surface area contributed by atoms with Crippen LogP contribution in [0.4, 0.5) is 0 Å². The fourth-order valence-electron chi connectivity index (χ4n) is 2.40. The van der Waals surface area contributed by atoms with Gasteiger partial charge in [-0.3, -0.25) is 0 Å². The summed E-state index contributed by atoms with van der Waals surface area (Å²) < 4.78 is 7.79. The molecule has 1 N–H and O–H groups in total. The van der Waals surface area contributed by atoms with Gasteiger partial charge in [-0.25, -0.2) is 0 Å². The van der Waals surface area contributed by atoms with E-state index in [9.17, 15) is 0 Å². The minimum absolute atomic E-state index is 0.449. The van der Waals surface area contributed by atoms with Gasteiger partial charge in [-0.1, -0.05) is 57.3 Å². The van der Waals surface area contributed by atoms with Crippen LogP contribution < -0.4 is 10.2 Å². The smallest absolute Gasteiger partial charge is 0.134 e. The normalized spacial score (nSPS) is 11.0. The predicted molar refractivity (Wildman–Crippen MR) is 124 cm³/mol. The molecule has 0 aliphatic heterocycles. The van der Waals surface area contributed by atoms with Crippen molar-refractivity contribution in [3.63, 3.8) is 0 Å². The molecule has 0 amide bonds. The molecule has 0 aliphatic carbocycles. The van der Waals surface area contributed by atoms with Crippen LogP contribution in [0.1, 0.15) is 16.7 Å². The molecule has 0 unspecified atom stereocenters. The Hall–Kier alpha value is -1.53. The Morgan fingerprint density at radius 2 is 1.68 bits per heavy atom. The van der Waals surface area contributed by atoms with Crippen molar-refractivity contribution in [2.45, 2.75) is 13.2 Å². The molecule has 7 heteroatoms. The monoisotopic (exact) mass is 540 g/mol. The number of nitrogens with one attached hydrogen (secondary N) is 1. The molecular formula is C21H16Br2Cl2N2O. The summed E-state index contributed by atoms with van der Waals surface area (Å²) in [6.45, 7) is 0.948. The van der Waals surface area contributed by atoms with Gasteiger partial charge in [0.05, 0.1) is 17.2 Å². The molecule has 3 rings (SSSR count). The van der Waals surface area contributed by atoms with Gasteiger partial charge in [0.2, 0.25) is 0 Å². The molecule has 0 heterocycles. The third kappa shape index (κ3) is 5.98. The van der Waals surface area contributed by atoms with Crippen molar-refractivity contribution in [2.75, 3.05) is 0 Å². The van der Waals surface area contributed by atoms with Crippen molar-refractivity contribution in [2.24, 2.45) is 5.10 Å². The first-order valence-electron chi connectivity index (χ1n) is 8.38. The zero-order valence-corrected chi connectivity index (χ0v) is 19.3. The van der Waals surface area contributed by atoms with Gasteiger partial charge in [0.25, 0.3) is 0 Å². The highest BCUT2D eigenvalue weighted by molar-refractivity contribution is 9.10. The van der Waals surface area contributed by atoms with Gasteiger partial charge >= 0.3 is 0 Å². The number of nitrogens with zero attached hydrogens (tertiary/aromatic N) is 1. The lowest BCUT2D eigenvalue weighted by atomic mass is 10.2. The Kier molecular flexibility index (Phi) is 7.80. The molecule has 0 saturated heterocycles. The van der Waals surface area contributed by atoms with Gasteiger partial charge in [-0.15, -0.1) is 0 Å². The first-order chi connectivity index (χ1) is 13.5. The molecule has 144 valence electrons. The lowest BCUT2D eigenvalue weighted by molar-refractivity contribution is 0.304. The first kappa shape index (κ1) is 21.2. The summed E-state index contributed by atoms with van der Waals surface area (Å²) >= 11 is 19.3. The van der Waals surface area contributed by atoms with E-state index < -0.39 is 0 Å². The fraction of sp³-hybridized carbons (Fsp3) is 0.0952. The van der Waals surface area contributed by atoms with Gasteiger partial charge in [0, 0.05) is 20.1 Å². The van der Waals surface area contributed by atoms with Crippen molar-refractivity contribution in [3.8, 4) is 5.75 Å². The topological polar surface area (TPSA) is 33.6 Å². The third-order valence-corrected chi connectivity index (χ3v) is 5.74. The Bertz CT molecular complexity index is 958. The molecule has 0 fully saturated rings. The van der Waals surface area contributed by atoms with Gasteiger partial charge in [-0.2, -0.15) is 5.10 Å². The van der Waals surface area contributed by atoms with Gasteiger partial charge in [0.15, 0.2) is 0 Å². The molecule has 0 aliphatic rings. The molecule has 3 aromatic carbocycles. The van der Waals surface area contributed by atoms with E-state index in [-0.39, 0.29) is 0 Å². The van der Waals surface area contributed by atoms with Gasteiger partial charge in [0.1, 0.15) is 12.4 Å². The van der Waals surface area contributed by atoms with Gasteiger partial charge in [-0.05, 0) is 69.5 Å². The van der Waals surface area contributed by atoms with Crippen LogP contribution in [0.3, 0.4) is 0 Å². The number of hydrogen-bond acceptors (Lipinski definition) is 3. The van der Waals surface area contributed by atoms with E-state index in [1.54, 1.807) is 18.3 Å². The molecule has 28 heavy (non-hydrogen) atoms. The molecule has 3 aromatic rings. The van der Waals surface area contributed by atoms with E-state index in [4.69, 9.17) is 27.9 Å². The largest absolute Gasteiger partial charge is 0.488 e. The number of benzene rings is 3.